The first kappa shape index (κ1) is 15.2. The van der Waals surface area contributed by atoms with Crippen LogP contribution in [0.4, 0.5) is 10.5 Å². The van der Waals surface area contributed by atoms with E-state index in [1.54, 1.807) is 19.2 Å². The maximum Gasteiger partial charge on any atom is 0.336 e. The Morgan fingerprint density at radius 1 is 1.47 bits per heavy atom. The summed E-state index contributed by atoms with van der Waals surface area (Å²) in [6.45, 7) is 5.99. The molecule has 0 heterocycles. The SMILES string of the molecule is C=C(C)CN(C)C(=O)Nc1ccc(Br)c(C(=O)O)c1. The molecule has 19 heavy (non-hydrogen) atoms. The summed E-state index contributed by atoms with van der Waals surface area (Å²) >= 11 is 3.14. The van der Waals surface area contributed by atoms with Gasteiger partial charge >= 0.3 is 12.0 Å². The van der Waals surface area contributed by atoms with Gasteiger partial charge in [0, 0.05) is 23.8 Å². The predicted octanol–water partition coefficient (Wildman–Crippen LogP) is 3.19. The van der Waals surface area contributed by atoms with Crippen molar-refractivity contribution >= 4 is 33.6 Å². The molecule has 0 aliphatic heterocycles. The monoisotopic (exact) mass is 326 g/mol. The summed E-state index contributed by atoms with van der Waals surface area (Å²) < 4.78 is 0.466. The van der Waals surface area contributed by atoms with Crippen LogP contribution in [0.25, 0.3) is 0 Å². The van der Waals surface area contributed by atoms with Crippen molar-refractivity contribution in [2.45, 2.75) is 6.92 Å². The van der Waals surface area contributed by atoms with E-state index in [1.807, 2.05) is 6.92 Å². The Kier molecular flexibility index (Phi) is 5.11. The lowest BCUT2D eigenvalue weighted by molar-refractivity contribution is 0.0696. The first-order valence-electron chi connectivity index (χ1n) is 5.50. The molecule has 0 aromatic heterocycles. The van der Waals surface area contributed by atoms with E-state index in [4.69, 9.17) is 5.11 Å². The molecule has 0 atom stereocenters. The Balaban J connectivity index is 2.83. The molecular weight excluding hydrogens is 312 g/mol. The van der Waals surface area contributed by atoms with Crippen molar-refractivity contribution in [1.29, 1.82) is 0 Å². The number of nitrogens with one attached hydrogen (secondary N) is 1. The van der Waals surface area contributed by atoms with Crippen LogP contribution in [0, 0.1) is 0 Å². The largest absolute Gasteiger partial charge is 0.478 e. The number of hydrogen-bond acceptors (Lipinski definition) is 2. The molecular formula is C13H15BrN2O3. The number of carbonyl (C=O) groups is 2. The van der Waals surface area contributed by atoms with Gasteiger partial charge in [-0.1, -0.05) is 12.2 Å². The van der Waals surface area contributed by atoms with Crippen molar-refractivity contribution in [3.05, 3.63) is 40.4 Å². The third-order valence-corrected chi connectivity index (χ3v) is 2.99. The minimum absolute atomic E-state index is 0.0976. The molecule has 0 bridgehead atoms. The third kappa shape index (κ3) is 4.40. The minimum atomic E-state index is -1.06. The quantitative estimate of drug-likeness (QED) is 0.835. The van der Waals surface area contributed by atoms with Gasteiger partial charge in [-0.25, -0.2) is 9.59 Å². The van der Waals surface area contributed by atoms with E-state index in [0.29, 0.717) is 16.7 Å². The lowest BCUT2D eigenvalue weighted by Crippen LogP contribution is -2.32. The molecule has 0 saturated carbocycles. The van der Waals surface area contributed by atoms with Crippen molar-refractivity contribution in [2.24, 2.45) is 0 Å². The number of hydrogen-bond donors (Lipinski definition) is 2. The second-order valence-corrected chi connectivity index (χ2v) is 5.10. The predicted molar refractivity (Wildman–Crippen MR) is 77.6 cm³/mol. The highest BCUT2D eigenvalue weighted by molar-refractivity contribution is 9.10. The first-order valence-corrected chi connectivity index (χ1v) is 6.30. The summed E-state index contributed by atoms with van der Waals surface area (Å²) in [7, 11) is 1.64. The number of nitrogens with zero attached hydrogens (tertiary/aromatic N) is 1. The van der Waals surface area contributed by atoms with E-state index in [-0.39, 0.29) is 11.6 Å². The van der Waals surface area contributed by atoms with Crippen molar-refractivity contribution < 1.29 is 14.7 Å². The van der Waals surface area contributed by atoms with Crippen molar-refractivity contribution in [2.75, 3.05) is 18.9 Å². The van der Waals surface area contributed by atoms with Gasteiger partial charge in [-0.2, -0.15) is 0 Å². The molecule has 0 unspecified atom stereocenters. The van der Waals surface area contributed by atoms with Crippen molar-refractivity contribution in [1.82, 2.24) is 4.90 Å². The lowest BCUT2D eigenvalue weighted by Gasteiger charge is -2.18. The minimum Gasteiger partial charge on any atom is -0.478 e. The highest BCUT2D eigenvalue weighted by Gasteiger charge is 2.12. The fourth-order valence-electron chi connectivity index (χ4n) is 1.46. The number of amides is 2. The van der Waals surface area contributed by atoms with E-state index >= 15 is 0 Å². The number of anilines is 1. The normalized spacial score (nSPS) is 9.84. The highest BCUT2D eigenvalue weighted by atomic mass is 79.9. The Bertz CT molecular complexity index is 529. The molecule has 0 spiro atoms. The zero-order valence-corrected chi connectivity index (χ0v) is 12.3. The lowest BCUT2D eigenvalue weighted by atomic mass is 10.2. The molecule has 1 aromatic carbocycles. The Morgan fingerprint density at radius 2 is 2.11 bits per heavy atom. The number of likely N-dealkylation sites (N-methyl/N-ethyl adjacent to an activating group) is 1. The molecule has 0 aliphatic carbocycles. The summed E-state index contributed by atoms with van der Waals surface area (Å²) in [5.41, 5.74) is 1.39. The Morgan fingerprint density at radius 3 is 2.63 bits per heavy atom. The van der Waals surface area contributed by atoms with Gasteiger partial charge in [0.15, 0.2) is 0 Å². The van der Waals surface area contributed by atoms with Gasteiger partial charge in [-0.15, -0.1) is 0 Å². The van der Waals surface area contributed by atoms with Crippen LogP contribution < -0.4 is 5.32 Å². The second-order valence-electron chi connectivity index (χ2n) is 4.24. The number of carbonyl (C=O) groups excluding carboxylic acids is 1. The summed E-state index contributed by atoms with van der Waals surface area (Å²) in [4.78, 5) is 24.3. The number of benzene rings is 1. The zero-order valence-electron chi connectivity index (χ0n) is 10.7. The molecule has 0 saturated heterocycles. The van der Waals surface area contributed by atoms with Gasteiger partial charge in [0.2, 0.25) is 0 Å². The van der Waals surface area contributed by atoms with Gasteiger partial charge in [-0.05, 0) is 41.1 Å². The van der Waals surface area contributed by atoms with Gasteiger partial charge in [0.05, 0.1) is 5.56 Å². The van der Waals surface area contributed by atoms with E-state index in [1.165, 1.54) is 11.0 Å². The number of halogens is 1. The molecule has 102 valence electrons. The van der Waals surface area contributed by atoms with Crippen molar-refractivity contribution in [3.63, 3.8) is 0 Å². The van der Waals surface area contributed by atoms with Gasteiger partial charge in [0.1, 0.15) is 0 Å². The number of carboxylic acid groups (broad SMARTS) is 1. The molecule has 2 amide bonds. The van der Waals surface area contributed by atoms with Crippen LogP contribution in [0.1, 0.15) is 17.3 Å². The number of urea groups is 1. The van der Waals surface area contributed by atoms with Crippen LogP contribution >= 0.6 is 15.9 Å². The summed E-state index contributed by atoms with van der Waals surface area (Å²) in [5.74, 6) is -1.06. The first-order chi connectivity index (χ1) is 8.81. The topological polar surface area (TPSA) is 69.6 Å². The number of carboxylic acids is 1. The maximum atomic E-state index is 11.8. The fraction of sp³-hybridized carbons (Fsp3) is 0.231. The molecule has 1 rings (SSSR count). The van der Waals surface area contributed by atoms with E-state index < -0.39 is 5.97 Å². The van der Waals surface area contributed by atoms with Gasteiger partial charge in [0.25, 0.3) is 0 Å². The summed E-state index contributed by atoms with van der Waals surface area (Å²) in [6.07, 6.45) is 0. The average molecular weight is 327 g/mol. The third-order valence-electron chi connectivity index (χ3n) is 2.30. The molecule has 0 fully saturated rings. The van der Waals surface area contributed by atoms with Crippen LogP contribution in [0.5, 0.6) is 0 Å². The van der Waals surface area contributed by atoms with Gasteiger partial charge in [-0.3, -0.25) is 0 Å². The second kappa shape index (κ2) is 6.38. The molecule has 5 nitrogen and oxygen atoms in total. The standard InChI is InChI=1S/C13H15BrN2O3/c1-8(2)7-16(3)13(19)15-9-4-5-11(14)10(6-9)12(17)18/h4-6H,1,7H2,2-3H3,(H,15,19)(H,17,18). The van der Waals surface area contributed by atoms with E-state index in [0.717, 1.165) is 5.57 Å². The Labute approximate surface area is 120 Å². The molecule has 0 radical (unpaired) electrons. The van der Waals surface area contributed by atoms with Crippen molar-refractivity contribution in [3.8, 4) is 0 Å². The molecule has 2 N–H and O–H groups in total. The van der Waals surface area contributed by atoms with Crippen LogP contribution in [0.15, 0.2) is 34.8 Å². The maximum absolute atomic E-state index is 11.8. The van der Waals surface area contributed by atoms with Crippen LogP contribution in [0.3, 0.4) is 0 Å². The molecule has 1 aromatic rings. The fourth-order valence-corrected chi connectivity index (χ4v) is 1.88. The summed E-state index contributed by atoms with van der Waals surface area (Å²) in [5, 5.41) is 11.6. The molecule has 0 aliphatic rings. The Hall–Kier alpha value is -1.82. The van der Waals surface area contributed by atoms with Gasteiger partial charge < -0.3 is 15.3 Å². The zero-order chi connectivity index (χ0) is 14.6. The van der Waals surface area contributed by atoms with E-state index in [9.17, 15) is 9.59 Å². The smallest absolute Gasteiger partial charge is 0.336 e. The van der Waals surface area contributed by atoms with E-state index in [2.05, 4.69) is 27.8 Å². The number of aromatic carboxylic acids is 1. The van der Waals surface area contributed by atoms with Crippen LogP contribution in [0.2, 0.25) is 0 Å². The highest BCUT2D eigenvalue weighted by Crippen LogP contribution is 2.21. The summed E-state index contributed by atoms with van der Waals surface area (Å²) in [6, 6.07) is 4.29. The van der Waals surface area contributed by atoms with Crippen LogP contribution in [-0.4, -0.2) is 35.6 Å². The van der Waals surface area contributed by atoms with Crippen LogP contribution in [-0.2, 0) is 0 Å². The number of rotatable bonds is 4. The average Bonchev–Trinajstić information content (AvgIpc) is 2.30. The molecule has 6 heteroatoms.